The third-order valence-electron chi connectivity index (χ3n) is 10.5. The van der Waals surface area contributed by atoms with Crippen LogP contribution >= 0.6 is 11.3 Å². The normalized spacial score (nSPS) is 21.0. The topological polar surface area (TPSA) is 170 Å². The number of carbonyl (C=O) groups excluding carboxylic acids is 3. The van der Waals surface area contributed by atoms with Gasteiger partial charge < -0.3 is 35.8 Å². The summed E-state index contributed by atoms with van der Waals surface area (Å²) in [7, 11) is 0. The lowest BCUT2D eigenvalue weighted by Crippen LogP contribution is -2.58. The Hall–Kier alpha value is -3.55. The molecule has 0 saturated carbocycles. The molecule has 3 amide bonds. The van der Waals surface area contributed by atoms with Gasteiger partial charge in [-0.1, -0.05) is 60.5 Å². The zero-order valence-corrected chi connectivity index (χ0v) is 32.5. The molecule has 288 valence electrons. The zero-order chi connectivity index (χ0) is 37.9. The molecule has 13 heteroatoms. The number of nitrogens with one attached hydrogen (secondary N) is 3. The van der Waals surface area contributed by atoms with Crippen molar-refractivity contribution >= 4 is 35.0 Å². The van der Waals surface area contributed by atoms with E-state index in [0.717, 1.165) is 50.6 Å². The summed E-state index contributed by atoms with van der Waals surface area (Å²) in [6.45, 7) is 14.1. The molecule has 52 heavy (non-hydrogen) atoms. The van der Waals surface area contributed by atoms with Gasteiger partial charge in [0.05, 0.1) is 12.0 Å². The molecule has 4 rings (SSSR count). The molecule has 1 aliphatic heterocycles. The molecule has 12 nitrogen and oxygen atoms in total. The minimum atomic E-state index is -1.01. The number of benzene rings is 1. The first-order valence-electron chi connectivity index (χ1n) is 19.1. The third-order valence-corrected chi connectivity index (χ3v) is 11.4. The number of amides is 3. The molecule has 0 bridgehead atoms. The predicted molar refractivity (Wildman–Crippen MR) is 201 cm³/mol. The van der Waals surface area contributed by atoms with Crippen molar-refractivity contribution in [3.8, 4) is 5.75 Å². The molecule has 1 unspecified atom stereocenters. The average molecular weight is 742 g/mol. The van der Waals surface area contributed by atoms with Crippen LogP contribution in [0.5, 0.6) is 5.75 Å². The van der Waals surface area contributed by atoms with E-state index < -0.39 is 36.0 Å². The van der Waals surface area contributed by atoms with E-state index in [0.29, 0.717) is 36.6 Å². The number of rotatable bonds is 18. The van der Waals surface area contributed by atoms with Crippen molar-refractivity contribution in [1.29, 1.82) is 0 Å². The maximum atomic E-state index is 14.5. The van der Waals surface area contributed by atoms with Crippen LogP contribution < -0.4 is 16.0 Å². The fourth-order valence-electron chi connectivity index (χ4n) is 7.35. The van der Waals surface area contributed by atoms with Crippen LogP contribution in [-0.2, 0) is 25.5 Å². The molecule has 1 aromatic carbocycles. The van der Waals surface area contributed by atoms with Gasteiger partial charge in [-0.25, -0.2) is 4.98 Å². The standard InChI is InChI=1S/C39H59N5O7S/c1-7-16-44(38(48)34(24(6)9-3)43-35(46)30-12-10-11-15-40-30)32(23(4)5)21-33(51-17-8-2)37-42-31(22-52-37)36(47)41-26-18-25-13-14-27(45)20-28(25)29(19-26)39(49)50/h13-14,20,22-24,26,29-30,32-34,40,45H,7-12,15-19,21H2,1-6H3,(H,41,47)(H,43,46)(H,49,50)/t24-,26-,29+,30+,32?,33+,34-/m0/s1. The van der Waals surface area contributed by atoms with Crippen LogP contribution in [0.25, 0.3) is 0 Å². The summed E-state index contributed by atoms with van der Waals surface area (Å²) in [6.07, 6.45) is 5.68. The number of thiazole rings is 1. The van der Waals surface area contributed by atoms with Crippen LogP contribution in [0.2, 0.25) is 0 Å². The fourth-order valence-corrected chi connectivity index (χ4v) is 8.21. The molecule has 2 heterocycles. The van der Waals surface area contributed by atoms with Crippen molar-refractivity contribution in [1.82, 2.24) is 25.8 Å². The number of carboxylic acids is 1. The van der Waals surface area contributed by atoms with E-state index in [1.54, 1.807) is 11.4 Å². The number of piperidine rings is 1. The number of carboxylic acid groups (broad SMARTS) is 1. The lowest BCUT2D eigenvalue weighted by molar-refractivity contribution is -0.142. The van der Waals surface area contributed by atoms with Gasteiger partial charge in [-0.2, -0.15) is 0 Å². The van der Waals surface area contributed by atoms with Crippen LogP contribution in [0.15, 0.2) is 23.6 Å². The maximum Gasteiger partial charge on any atom is 0.311 e. The second-order valence-electron chi connectivity index (χ2n) is 14.8. The SMILES string of the molecule is CCCO[C@H](CC(C(C)C)N(CCC)C(=O)[C@@H](NC(=O)[C@H]1CCCCN1)[C@@H](C)CC)c1nc(C(=O)N[C@H]2Cc3ccc(O)cc3[C@H](C(=O)O)C2)cs1. The largest absolute Gasteiger partial charge is 0.508 e. The lowest BCUT2D eigenvalue weighted by atomic mass is 9.80. The van der Waals surface area contributed by atoms with E-state index in [-0.39, 0.29) is 53.6 Å². The predicted octanol–water partition coefficient (Wildman–Crippen LogP) is 5.56. The van der Waals surface area contributed by atoms with E-state index in [1.807, 2.05) is 32.6 Å². The summed E-state index contributed by atoms with van der Waals surface area (Å²) in [6, 6.07) is 3.14. The number of aromatic hydroxyl groups is 1. The van der Waals surface area contributed by atoms with Crippen LogP contribution in [0, 0.1) is 11.8 Å². The van der Waals surface area contributed by atoms with Gasteiger partial charge in [-0.05, 0) is 80.2 Å². The summed E-state index contributed by atoms with van der Waals surface area (Å²) in [5.41, 5.74) is 1.58. The summed E-state index contributed by atoms with van der Waals surface area (Å²) >= 11 is 1.33. The number of carbonyl (C=O) groups is 4. The van der Waals surface area contributed by atoms with Gasteiger partial charge in [0.25, 0.3) is 5.91 Å². The highest BCUT2D eigenvalue weighted by molar-refractivity contribution is 7.09. The Balaban J connectivity index is 1.53. The summed E-state index contributed by atoms with van der Waals surface area (Å²) in [5.74, 6) is -2.44. The van der Waals surface area contributed by atoms with Crippen molar-refractivity contribution in [2.24, 2.45) is 11.8 Å². The molecule has 2 aliphatic rings. The second-order valence-corrected chi connectivity index (χ2v) is 15.7. The highest BCUT2D eigenvalue weighted by atomic mass is 32.1. The van der Waals surface area contributed by atoms with Crippen LogP contribution in [0.4, 0.5) is 0 Å². The fraction of sp³-hybridized carbons (Fsp3) is 0.667. The molecule has 1 aromatic heterocycles. The lowest BCUT2D eigenvalue weighted by Gasteiger charge is -2.39. The van der Waals surface area contributed by atoms with Gasteiger partial charge in [0.15, 0.2) is 0 Å². The Kier molecular flexibility index (Phi) is 15.5. The molecular weight excluding hydrogens is 683 g/mol. The Morgan fingerprint density at radius 1 is 1.12 bits per heavy atom. The quantitative estimate of drug-likeness (QED) is 0.131. The van der Waals surface area contributed by atoms with Gasteiger partial charge in [0.1, 0.15) is 28.6 Å². The number of fused-ring (bicyclic) bond motifs is 1. The smallest absolute Gasteiger partial charge is 0.311 e. The van der Waals surface area contributed by atoms with Crippen molar-refractivity contribution in [2.75, 3.05) is 19.7 Å². The number of aliphatic carboxylic acids is 1. The average Bonchev–Trinajstić information content (AvgIpc) is 3.63. The number of ether oxygens (including phenoxy) is 1. The second kappa shape index (κ2) is 19.5. The minimum absolute atomic E-state index is 0.0125. The highest BCUT2D eigenvalue weighted by Crippen LogP contribution is 2.35. The molecule has 7 atom stereocenters. The Morgan fingerprint density at radius 3 is 2.52 bits per heavy atom. The number of aromatic nitrogens is 1. The minimum Gasteiger partial charge on any atom is -0.508 e. The van der Waals surface area contributed by atoms with Crippen molar-refractivity contribution < 1.29 is 34.1 Å². The van der Waals surface area contributed by atoms with Gasteiger partial charge in [-0.15, -0.1) is 11.3 Å². The maximum absolute atomic E-state index is 14.5. The molecule has 1 saturated heterocycles. The molecule has 1 aliphatic carbocycles. The third kappa shape index (κ3) is 10.5. The number of nitrogens with zero attached hydrogens (tertiary/aromatic N) is 2. The first-order chi connectivity index (χ1) is 24.9. The monoisotopic (exact) mass is 741 g/mol. The van der Waals surface area contributed by atoms with Crippen LogP contribution in [-0.4, -0.2) is 87.7 Å². The first kappa shape index (κ1) is 41.2. The molecule has 1 fully saturated rings. The van der Waals surface area contributed by atoms with E-state index >= 15 is 0 Å². The number of phenols is 1. The Labute approximate surface area is 312 Å². The molecule has 2 aromatic rings. The summed E-state index contributed by atoms with van der Waals surface area (Å²) < 4.78 is 6.39. The number of hydrogen-bond acceptors (Lipinski definition) is 9. The molecule has 0 spiro atoms. The van der Waals surface area contributed by atoms with Crippen LogP contribution in [0.3, 0.4) is 0 Å². The Morgan fingerprint density at radius 2 is 1.88 bits per heavy atom. The van der Waals surface area contributed by atoms with Crippen molar-refractivity contribution in [3.05, 3.63) is 45.4 Å². The number of hydrogen-bond donors (Lipinski definition) is 5. The van der Waals surface area contributed by atoms with Crippen LogP contribution in [0.1, 0.15) is 132 Å². The van der Waals surface area contributed by atoms with E-state index in [2.05, 4.69) is 29.8 Å². The van der Waals surface area contributed by atoms with E-state index in [1.165, 1.54) is 23.5 Å². The van der Waals surface area contributed by atoms with Gasteiger partial charge in [-0.3, -0.25) is 19.2 Å². The van der Waals surface area contributed by atoms with Gasteiger partial charge in [0.2, 0.25) is 11.8 Å². The van der Waals surface area contributed by atoms with Gasteiger partial charge in [0, 0.05) is 37.0 Å². The molecule has 0 radical (unpaired) electrons. The zero-order valence-electron chi connectivity index (χ0n) is 31.7. The Bertz CT molecular complexity index is 1510. The molecule has 5 N–H and O–H groups in total. The van der Waals surface area contributed by atoms with E-state index in [9.17, 15) is 29.4 Å². The highest BCUT2D eigenvalue weighted by Gasteiger charge is 2.38. The van der Waals surface area contributed by atoms with Crippen molar-refractivity contribution in [3.63, 3.8) is 0 Å². The summed E-state index contributed by atoms with van der Waals surface area (Å²) in [4.78, 5) is 60.1. The van der Waals surface area contributed by atoms with E-state index in [4.69, 9.17) is 9.72 Å². The van der Waals surface area contributed by atoms with Gasteiger partial charge >= 0.3 is 5.97 Å². The van der Waals surface area contributed by atoms with Crippen molar-refractivity contribution in [2.45, 2.75) is 136 Å². The number of phenolic OH excluding ortho intramolecular Hbond substituents is 1. The molecular formula is C39H59N5O7S. The first-order valence-corrected chi connectivity index (χ1v) is 20.0. The summed E-state index contributed by atoms with van der Waals surface area (Å²) in [5, 5.41) is 31.6.